The van der Waals surface area contributed by atoms with E-state index in [0.29, 0.717) is 24.0 Å². The lowest BCUT2D eigenvalue weighted by molar-refractivity contribution is -0.384. The number of aromatic nitrogens is 2. The van der Waals surface area contributed by atoms with Crippen LogP contribution in [0, 0.1) is 10.1 Å². The highest BCUT2D eigenvalue weighted by molar-refractivity contribution is 5.60. The minimum atomic E-state index is -0.288. The average molecular weight is 294 g/mol. The summed E-state index contributed by atoms with van der Waals surface area (Å²) in [6.45, 7) is 2.01. The topological polar surface area (TPSA) is 73.0 Å². The number of nitro groups is 1. The molecule has 2 rings (SSSR count). The van der Waals surface area contributed by atoms with E-state index in [4.69, 9.17) is 0 Å². The highest BCUT2D eigenvalue weighted by Crippen LogP contribution is 2.31. The molecule has 21 heavy (non-hydrogen) atoms. The summed E-state index contributed by atoms with van der Waals surface area (Å²) in [5, 5.41) is 19.2. The molecule has 0 atom stereocenters. The third kappa shape index (κ3) is 3.95. The molecule has 0 saturated heterocycles. The molecule has 6 nitrogen and oxygen atoms in total. The van der Waals surface area contributed by atoms with Crippen molar-refractivity contribution in [3.8, 4) is 0 Å². The Kier molecular flexibility index (Phi) is 5.59. The van der Waals surface area contributed by atoms with Gasteiger partial charge in [-0.1, -0.05) is 45.4 Å². The van der Waals surface area contributed by atoms with Gasteiger partial charge in [0.1, 0.15) is 5.69 Å². The van der Waals surface area contributed by atoms with Gasteiger partial charge in [-0.2, -0.15) is 5.10 Å². The monoisotopic (exact) mass is 294 g/mol. The SMILES string of the molecule is CCCc1nn(C)c(NC2CCCCCCC2)c1[N+](=O)[O-]. The van der Waals surface area contributed by atoms with Gasteiger partial charge in [0.15, 0.2) is 0 Å². The Morgan fingerprint density at radius 3 is 2.48 bits per heavy atom. The zero-order chi connectivity index (χ0) is 15.2. The molecule has 0 radical (unpaired) electrons. The maximum atomic E-state index is 11.4. The van der Waals surface area contributed by atoms with E-state index in [1.807, 2.05) is 6.92 Å². The lowest BCUT2D eigenvalue weighted by atomic mass is 9.97. The van der Waals surface area contributed by atoms with Crippen LogP contribution in [0.4, 0.5) is 11.5 Å². The molecule has 118 valence electrons. The van der Waals surface area contributed by atoms with Crippen LogP contribution in [0.3, 0.4) is 0 Å². The van der Waals surface area contributed by atoms with Crippen LogP contribution >= 0.6 is 0 Å². The van der Waals surface area contributed by atoms with E-state index in [-0.39, 0.29) is 10.6 Å². The van der Waals surface area contributed by atoms with Crippen LogP contribution in [0.5, 0.6) is 0 Å². The van der Waals surface area contributed by atoms with E-state index in [2.05, 4.69) is 10.4 Å². The van der Waals surface area contributed by atoms with Crippen molar-refractivity contribution in [1.82, 2.24) is 9.78 Å². The van der Waals surface area contributed by atoms with Gasteiger partial charge in [-0.05, 0) is 19.3 Å². The molecule has 6 heteroatoms. The standard InChI is InChI=1S/C15H26N4O2/c1-3-9-13-14(19(20)21)15(18(2)17-13)16-12-10-7-5-4-6-8-11-12/h12,16H,3-11H2,1-2H3. The lowest BCUT2D eigenvalue weighted by Gasteiger charge is -2.21. The molecule has 0 amide bonds. The molecule has 1 aromatic rings. The summed E-state index contributed by atoms with van der Waals surface area (Å²) in [5.74, 6) is 0.578. The largest absolute Gasteiger partial charge is 0.362 e. The molecule has 0 spiro atoms. The molecule has 1 fully saturated rings. The fraction of sp³-hybridized carbons (Fsp3) is 0.800. The van der Waals surface area contributed by atoms with Gasteiger partial charge < -0.3 is 5.32 Å². The van der Waals surface area contributed by atoms with Gasteiger partial charge >= 0.3 is 5.69 Å². The Hall–Kier alpha value is -1.59. The second-order valence-corrected chi connectivity index (χ2v) is 5.96. The van der Waals surface area contributed by atoms with Gasteiger partial charge in [0, 0.05) is 13.1 Å². The van der Waals surface area contributed by atoms with Crippen molar-refractivity contribution in [3.05, 3.63) is 15.8 Å². The van der Waals surface area contributed by atoms with Crippen LogP contribution in [-0.4, -0.2) is 20.7 Å². The van der Waals surface area contributed by atoms with Gasteiger partial charge in [-0.15, -0.1) is 0 Å². The first-order valence-corrected chi connectivity index (χ1v) is 8.10. The van der Waals surface area contributed by atoms with Crippen LogP contribution in [-0.2, 0) is 13.5 Å². The lowest BCUT2D eigenvalue weighted by Crippen LogP contribution is -2.22. The molecule has 0 unspecified atom stereocenters. The summed E-state index contributed by atoms with van der Waals surface area (Å²) in [4.78, 5) is 11.1. The van der Waals surface area contributed by atoms with E-state index in [1.165, 1.54) is 32.1 Å². The number of nitrogens with one attached hydrogen (secondary N) is 1. The first kappa shape index (κ1) is 15.8. The Labute approximate surface area is 126 Å². The third-order valence-electron chi connectivity index (χ3n) is 4.21. The van der Waals surface area contributed by atoms with Crippen molar-refractivity contribution in [3.63, 3.8) is 0 Å². The van der Waals surface area contributed by atoms with E-state index in [0.717, 1.165) is 19.3 Å². The van der Waals surface area contributed by atoms with Gasteiger partial charge in [0.05, 0.1) is 4.92 Å². The number of hydrogen-bond acceptors (Lipinski definition) is 4. The maximum absolute atomic E-state index is 11.4. The number of aryl methyl sites for hydroxylation is 2. The first-order valence-electron chi connectivity index (χ1n) is 8.10. The minimum Gasteiger partial charge on any atom is -0.362 e. The molecule has 0 aliphatic heterocycles. The summed E-state index contributed by atoms with van der Waals surface area (Å²) in [6.07, 6.45) is 9.95. The summed E-state index contributed by atoms with van der Waals surface area (Å²) in [6, 6.07) is 0.328. The summed E-state index contributed by atoms with van der Waals surface area (Å²) >= 11 is 0. The molecule has 1 aliphatic rings. The highest BCUT2D eigenvalue weighted by atomic mass is 16.6. The van der Waals surface area contributed by atoms with Crippen LogP contribution in [0.1, 0.15) is 64.0 Å². The molecule has 0 bridgehead atoms. The van der Waals surface area contributed by atoms with Crippen molar-refractivity contribution in [2.75, 3.05) is 5.32 Å². The van der Waals surface area contributed by atoms with E-state index in [9.17, 15) is 10.1 Å². The highest BCUT2D eigenvalue weighted by Gasteiger charge is 2.27. The molecular weight excluding hydrogens is 268 g/mol. The molecular formula is C15H26N4O2. The Morgan fingerprint density at radius 1 is 1.29 bits per heavy atom. The van der Waals surface area contributed by atoms with Crippen LogP contribution in [0.2, 0.25) is 0 Å². The Balaban J connectivity index is 2.19. The molecule has 1 aromatic heterocycles. The van der Waals surface area contributed by atoms with Crippen molar-refractivity contribution in [2.45, 2.75) is 70.8 Å². The van der Waals surface area contributed by atoms with Crippen molar-refractivity contribution in [1.29, 1.82) is 0 Å². The Morgan fingerprint density at radius 2 is 1.90 bits per heavy atom. The zero-order valence-corrected chi connectivity index (χ0v) is 13.1. The molecule has 1 aliphatic carbocycles. The van der Waals surface area contributed by atoms with Crippen LogP contribution < -0.4 is 5.32 Å². The number of nitrogens with zero attached hydrogens (tertiary/aromatic N) is 3. The summed E-state index contributed by atoms with van der Waals surface area (Å²) in [5.41, 5.74) is 0.764. The maximum Gasteiger partial charge on any atom is 0.333 e. The number of hydrogen-bond donors (Lipinski definition) is 1. The van der Waals surface area contributed by atoms with Gasteiger partial charge in [0.2, 0.25) is 5.82 Å². The number of rotatable bonds is 5. The average Bonchev–Trinajstić information content (AvgIpc) is 2.69. The van der Waals surface area contributed by atoms with E-state index >= 15 is 0 Å². The van der Waals surface area contributed by atoms with Gasteiger partial charge in [-0.3, -0.25) is 10.1 Å². The zero-order valence-electron chi connectivity index (χ0n) is 13.1. The van der Waals surface area contributed by atoms with Crippen molar-refractivity contribution < 1.29 is 4.92 Å². The van der Waals surface area contributed by atoms with Gasteiger partial charge in [0.25, 0.3) is 0 Å². The minimum absolute atomic E-state index is 0.168. The van der Waals surface area contributed by atoms with Crippen LogP contribution in [0.15, 0.2) is 0 Å². The molecule has 1 heterocycles. The Bertz CT molecular complexity index is 476. The summed E-state index contributed by atoms with van der Waals surface area (Å²) in [7, 11) is 1.79. The van der Waals surface area contributed by atoms with Crippen LogP contribution in [0.25, 0.3) is 0 Å². The quantitative estimate of drug-likeness (QED) is 0.662. The van der Waals surface area contributed by atoms with E-state index in [1.54, 1.807) is 11.7 Å². The third-order valence-corrected chi connectivity index (χ3v) is 4.21. The van der Waals surface area contributed by atoms with Crippen molar-refractivity contribution >= 4 is 11.5 Å². The predicted molar refractivity (Wildman–Crippen MR) is 83.6 cm³/mol. The molecule has 1 saturated carbocycles. The molecule has 0 aromatic carbocycles. The second-order valence-electron chi connectivity index (χ2n) is 5.96. The fourth-order valence-electron chi connectivity index (χ4n) is 3.12. The number of anilines is 1. The normalized spacial score (nSPS) is 17.2. The second kappa shape index (κ2) is 7.43. The summed E-state index contributed by atoms with van der Waals surface area (Å²) < 4.78 is 1.64. The smallest absolute Gasteiger partial charge is 0.333 e. The van der Waals surface area contributed by atoms with Gasteiger partial charge in [-0.25, -0.2) is 4.68 Å². The predicted octanol–water partition coefficient (Wildman–Crippen LogP) is 3.81. The first-order chi connectivity index (χ1) is 10.1. The van der Waals surface area contributed by atoms with E-state index < -0.39 is 0 Å². The fourth-order valence-corrected chi connectivity index (χ4v) is 3.12. The van der Waals surface area contributed by atoms with Crippen molar-refractivity contribution in [2.24, 2.45) is 7.05 Å². The molecule has 1 N–H and O–H groups in total.